The normalized spacial score (nSPS) is 12.5. The van der Waals surface area contributed by atoms with Gasteiger partial charge in [0, 0.05) is 5.57 Å². The topological polar surface area (TPSA) is 80.7 Å². The molecule has 0 aliphatic carbocycles. The minimum absolute atomic E-state index is 0. The Bertz CT molecular complexity index is 308. The smallest absolute Gasteiger partial charge is 0.440 e. The molecule has 0 saturated heterocycles. The predicted molar refractivity (Wildman–Crippen MR) is 46.5 cm³/mol. The number of esters is 1. The maximum atomic E-state index is 10.9. The molecule has 0 bridgehead atoms. The molecule has 0 aromatic carbocycles. The largest absolute Gasteiger partial charge is 1.00 e. The maximum Gasteiger partial charge on any atom is 1.00 e. The molecule has 0 radical (unpaired) electrons. The van der Waals surface area contributed by atoms with E-state index in [1.807, 2.05) is 0 Å². The van der Waals surface area contributed by atoms with Crippen molar-refractivity contribution in [2.45, 2.75) is 25.7 Å². The minimum atomic E-state index is -4.33. The summed E-state index contributed by atoms with van der Waals surface area (Å²) in [6.45, 7) is 6.14. The van der Waals surface area contributed by atoms with E-state index in [1.54, 1.807) is 0 Å². The Kier molecular flexibility index (Phi) is 8.70. The Balaban J connectivity index is 0. The van der Waals surface area contributed by atoms with Crippen LogP contribution in [0.3, 0.4) is 0 Å². The van der Waals surface area contributed by atoms with Crippen molar-refractivity contribution in [1.82, 2.24) is 0 Å². The summed E-state index contributed by atoms with van der Waals surface area (Å²) in [7, 11) is -4.33. The van der Waals surface area contributed by atoms with Crippen LogP contribution >= 0.6 is 0 Å². The number of carbonyl (C=O) groups is 1. The molecule has 0 spiro atoms. The molecule has 76 valence electrons. The van der Waals surface area contributed by atoms with Gasteiger partial charge in [-0.2, -0.15) is 8.42 Å². The van der Waals surface area contributed by atoms with Gasteiger partial charge in [0.25, 0.3) is 0 Å². The molecule has 1 unspecified atom stereocenters. The monoisotopic (exact) mass is 247 g/mol. The van der Waals surface area contributed by atoms with Crippen LogP contribution in [0.4, 0.5) is 0 Å². The molecule has 0 fully saturated rings. The van der Waals surface area contributed by atoms with Gasteiger partial charge in [0.15, 0.2) is 0 Å². The molecule has 1 atom stereocenters. The third-order valence-electron chi connectivity index (χ3n) is 1.25. The van der Waals surface area contributed by atoms with Crippen molar-refractivity contribution in [2.24, 2.45) is 0 Å². The standard InChI is InChI=1S/C7H12O5S.K/c1-4-6(13(9,10)11)12-7(8)5(2)3;/h6H,2,4H2,1,3H3,(H,9,10,11);/q;+1. The Morgan fingerprint density at radius 3 is 2.21 bits per heavy atom. The summed E-state index contributed by atoms with van der Waals surface area (Å²) < 4.78 is 34.2. The van der Waals surface area contributed by atoms with E-state index >= 15 is 0 Å². The van der Waals surface area contributed by atoms with E-state index in [2.05, 4.69) is 11.3 Å². The van der Waals surface area contributed by atoms with Crippen LogP contribution in [0.1, 0.15) is 20.3 Å². The van der Waals surface area contributed by atoms with Crippen molar-refractivity contribution in [1.29, 1.82) is 0 Å². The molecule has 0 aromatic heterocycles. The summed E-state index contributed by atoms with van der Waals surface area (Å²) in [5.41, 5.74) is -1.42. The summed E-state index contributed by atoms with van der Waals surface area (Å²) in [4.78, 5) is 10.9. The molecule has 14 heavy (non-hydrogen) atoms. The average Bonchev–Trinajstić information content (AvgIpc) is 1.96. The second-order valence-electron chi connectivity index (χ2n) is 2.54. The zero-order valence-electron chi connectivity index (χ0n) is 8.48. The number of carbonyl (C=O) groups excluding carboxylic acids is 1. The van der Waals surface area contributed by atoms with Crippen molar-refractivity contribution in [3.63, 3.8) is 0 Å². The van der Waals surface area contributed by atoms with Crippen LogP contribution in [0.15, 0.2) is 12.2 Å². The Labute approximate surface area is 126 Å². The molecule has 0 amide bonds. The molecule has 5 nitrogen and oxygen atoms in total. The Morgan fingerprint density at radius 2 is 2.00 bits per heavy atom. The van der Waals surface area contributed by atoms with E-state index < -0.39 is 21.5 Å². The number of hydrogen-bond acceptors (Lipinski definition) is 4. The van der Waals surface area contributed by atoms with Crippen molar-refractivity contribution in [2.75, 3.05) is 0 Å². The van der Waals surface area contributed by atoms with E-state index in [4.69, 9.17) is 4.55 Å². The first kappa shape index (κ1) is 17.2. The second-order valence-corrected chi connectivity index (χ2v) is 4.09. The van der Waals surface area contributed by atoms with E-state index in [-0.39, 0.29) is 63.4 Å². The first-order valence-electron chi connectivity index (χ1n) is 3.61. The fraction of sp³-hybridized carbons (Fsp3) is 0.571. The number of ether oxygens (including phenoxy) is 1. The third-order valence-corrected chi connectivity index (χ3v) is 2.35. The molecule has 0 heterocycles. The summed E-state index contributed by atoms with van der Waals surface area (Å²) in [5, 5.41) is 0. The van der Waals surface area contributed by atoms with Gasteiger partial charge in [-0.15, -0.1) is 0 Å². The van der Waals surface area contributed by atoms with Crippen LogP contribution < -0.4 is 51.4 Å². The van der Waals surface area contributed by atoms with Gasteiger partial charge in [-0.25, -0.2) is 4.79 Å². The van der Waals surface area contributed by atoms with Crippen molar-refractivity contribution < 1.29 is 73.9 Å². The quantitative estimate of drug-likeness (QED) is 0.262. The molecule has 0 aromatic rings. The molecule has 0 aliphatic heterocycles. The Hall–Kier alpha value is 0.756. The summed E-state index contributed by atoms with van der Waals surface area (Å²) in [5.74, 6) is -0.829. The minimum Gasteiger partial charge on any atom is -0.440 e. The van der Waals surface area contributed by atoms with Crippen molar-refractivity contribution >= 4 is 16.1 Å². The van der Waals surface area contributed by atoms with Crippen LogP contribution in [0, 0.1) is 0 Å². The van der Waals surface area contributed by atoms with Crippen LogP contribution in [-0.4, -0.2) is 24.4 Å². The van der Waals surface area contributed by atoms with E-state index in [0.29, 0.717) is 0 Å². The predicted octanol–water partition coefficient (Wildman–Crippen LogP) is -2.27. The van der Waals surface area contributed by atoms with Gasteiger partial charge in [0.2, 0.25) is 5.44 Å². The summed E-state index contributed by atoms with van der Waals surface area (Å²) in [6, 6.07) is 0. The van der Waals surface area contributed by atoms with Gasteiger partial charge in [-0.3, -0.25) is 4.55 Å². The SMILES string of the molecule is C=C(C)C(=O)OC(CC)S(=O)(=O)O.[K+]. The van der Waals surface area contributed by atoms with Crippen molar-refractivity contribution in [3.05, 3.63) is 12.2 Å². The van der Waals surface area contributed by atoms with Gasteiger partial charge in [0.1, 0.15) is 0 Å². The van der Waals surface area contributed by atoms with Gasteiger partial charge >= 0.3 is 67.5 Å². The summed E-state index contributed by atoms with van der Waals surface area (Å²) in [6.07, 6.45) is -0.00213. The zero-order valence-corrected chi connectivity index (χ0v) is 12.4. The van der Waals surface area contributed by atoms with Crippen molar-refractivity contribution in [3.8, 4) is 0 Å². The third kappa shape index (κ3) is 6.28. The first-order valence-corrected chi connectivity index (χ1v) is 5.12. The fourth-order valence-corrected chi connectivity index (χ4v) is 1.20. The summed E-state index contributed by atoms with van der Waals surface area (Å²) >= 11 is 0. The van der Waals surface area contributed by atoms with Crippen LogP contribution in [0.25, 0.3) is 0 Å². The molecular formula is C7H12KO5S+. The molecule has 1 N–H and O–H groups in total. The maximum absolute atomic E-state index is 10.9. The average molecular weight is 247 g/mol. The van der Waals surface area contributed by atoms with E-state index in [1.165, 1.54) is 13.8 Å². The fourth-order valence-electron chi connectivity index (χ4n) is 0.575. The Morgan fingerprint density at radius 1 is 1.57 bits per heavy atom. The molecule has 0 saturated carbocycles. The molecule has 7 heteroatoms. The second kappa shape index (κ2) is 7.10. The zero-order chi connectivity index (χ0) is 10.6. The van der Waals surface area contributed by atoms with Gasteiger partial charge < -0.3 is 4.74 Å². The molecule has 0 rings (SSSR count). The van der Waals surface area contributed by atoms with Crippen LogP contribution in [0.5, 0.6) is 0 Å². The van der Waals surface area contributed by atoms with Crippen LogP contribution in [-0.2, 0) is 19.6 Å². The first-order chi connectivity index (χ1) is 5.79. The molecular weight excluding hydrogens is 235 g/mol. The number of hydrogen-bond donors (Lipinski definition) is 1. The molecule has 0 aliphatic rings. The van der Waals surface area contributed by atoms with E-state index in [0.717, 1.165) is 0 Å². The van der Waals surface area contributed by atoms with Gasteiger partial charge in [-0.05, 0) is 13.3 Å². The van der Waals surface area contributed by atoms with Crippen LogP contribution in [0.2, 0.25) is 0 Å². The van der Waals surface area contributed by atoms with Gasteiger partial charge in [0.05, 0.1) is 0 Å². The number of rotatable bonds is 4. The van der Waals surface area contributed by atoms with E-state index in [9.17, 15) is 13.2 Å². The van der Waals surface area contributed by atoms with Gasteiger partial charge in [-0.1, -0.05) is 13.5 Å².